The SMILES string of the molecule is N#CCNC(=O)Cn1ccc2c(Cl)cccc21. The summed E-state index contributed by atoms with van der Waals surface area (Å²) in [7, 11) is 0. The second kappa shape index (κ2) is 4.89. The molecule has 5 heteroatoms. The van der Waals surface area contributed by atoms with Gasteiger partial charge in [-0.25, -0.2) is 0 Å². The van der Waals surface area contributed by atoms with Crippen molar-refractivity contribution in [1.82, 2.24) is 9.88 Å². The smallest absolute Gasteiger partial charge is 0.240 e. The molecule has 0 saturated heterocycles. The molecular weight excluding hydrogens is 238 g/mol. The van der Waals surface area contributed by atoms with Crippen LogP contribution in [0.3, 0.4) is 0 Å². The Morgan fingerprint density at radius 1 is 1.47 bits per heavy atom. The molecule has 0 saturated carbocycles. The van der Waals surface area contributed by atoms with Crippen LogP contribution in [-0.2, 0) is 11.3 Å². The number of nitrogens with zero attached hydrogens (tertiary/aromatic N) is 2. The van der Waals surface area contributed by atoms with Crippen molar-refractivity contribution in [3.63, 3.8) is 0 Å². The fourth-order valence-electron chi connectivity index (χ4n) is 1.67. The van der Waals surface area contributed by atoms with Crippen molar-refractivity contribution in [2.75, 3.05) is 6.54 Å². The molecule has 2 rings (SSSR count). The fraction of sp³-hybridized carbons (Fsp3) is 0.167. The molecule has 0 radical (unpaired) electrons. The summed E-state index contributed by atoms with van der Waals surface area (Å²) in [4.78, 5) is 11.5. The van der Waals surface area contributed by atoms with Gasteiger partial charge in [-0.05, 0) is 18.2 Å². The van der Waals surface area contributed by atoms with Crippen LogP contribution in [0.4, 0.5) is 0 Å². The first-order valence-electron chi connectivity index (χ1n) is 5.09. The van der Waals surface area contributed by atoms with Crippen molar-refractivity contribution in [3.05, 3.63) is 35.5 Å². The second-order valence-corrected chi connectivity index (χ2v) is 3.96. The van der Waals surface area contributed by atoms with Crippen molar-refractivity contribution in [2.45, 2.75) is 6.54 Å². The lowest BCUT2D eigenvalue weighted by Gasteiger charge is -2.05. The third-order valence-corrected chi connectivity index (χ3v) is 2.77. The maximum Gasteiger partial charge on any atom is 0.240 e. The number of rotatable bonds is 3. The molecule has 0 fully saturated rings. The standard InChI is InChI=1S/C12H10ClN3O/c13-10-2-1-3-11-9(10)4-7-16(11)8-12(17)15-6-5-14/h1-4,7H,6,8H2,(H,15,17). The van der Waals surface area contributed by atoms with E-state index in [1.165, 1.54) is 0 Å². The highest BCUT2D eigenvalue weighted by molar-refractivity contribution is 6.35. The molecule has 0 bridgehead atoms. The summed E-state index contributed by atoms with van der Waals surface area (Å²) in [6.07, 6.45) is 1.81. The Morgan fingerprint density at radius 2 is 2.29 bits per heavy atom. The Bertz CT molecular complexity index is 597. The molecule has 17 heavy (non-hydrogen) atoms. The number of halogens is 1. The number of carbonyl (C=O) groups is 1. The van der Waals surface area contributed by atoms with Gasteiger partial charge in [-0.3, -0.25) is 4.79 Å². The third-order valence-electron chi connectivity index (χ3n) is 2.44. The maximum atomic E-state index is 11.5. The minimum absolute atomic E-state index is 0.0266. The zero-order valence-corrected chi connectivity index (χ0v) is 9.74. The van der Waals surface area contributed by atoms with E-state index in [1.807, 2.05) is 36.5 Å². The number of carbonyl (C=O) groups excluding carboxylic acids is 1. The maximum absolute atomic E-state index is 11.5. The van der Waals surface area contributed by atoms with Crippen LogP contribution in [0.1, 0.15) is 0 Å². The van der Waals surface area contributed by atoms with Gasteiger partial charge in [0.1, 0.15) is 13.1 Å². The number of aromatic nitrogens is 1. The fourth-order valence-corrected chi connectivity index (χ4v) is 1.91. The lowest BCUT2D eigenvalue weighted by molar-refractivity contribution is -0.121. The molecule has 0 aliphatic rings. The monoisotopic (exact) mass is 247 g/mol. The van der Waals surface area contributed by atoms with E-state index >= 15 is 0 Å². The number of amides is 1. The summed E-state index contributed by atoms with van der Waals surface area (Å²) >= 11 is 6.03. The number of fused-ring (bicyclic) bond motifs is 1. The van der Waals surface area contributed by atoms with Crippen LogP contribution in [0, 0.1) is 11.3 Å². The number of nitrogens with one attached hydrogen (secondary N) is 1. The number of hydrogen-bond donors (Lipinski definition) is 1. The van der Waals surface area contributed by atoms with E-state index in [-0.39, 0.29) is 19.0 Å². The first-order chi connectivity index (χ1) is 8.22. The predicted molar refractivity (Wildman–Crippen MR) is 65.6 cm³/mol. The number of benzene rings is 1. The van der Waals surface area contributed by atoms with Crippen LogP contribution in [-0.4, -0.2) is 17.0 Å². The van der Waals surface area contributed by atoms with Gasteiger partial charge < -0.3 is 9.88 Å². The highest BCUT2D eigenvalue weighted by atomic mass is 35.5. The molecule has 0 aliphatic carbocycles. The average Bonchev–Trinajstić information content (AvgIpc) is 2.71. The van der Waals surface area contributed by atoms with Gasteiger partial charge in [0.2, 0.25) is 5.91 Å². The van der Waals surface area contributed by atoms with Crippen molar-refractivity contribution in [1.29, 1.82) is 5.26 Å². The Balaban J connectivity index is 2.23. The van der Waals surface area contributed by atoms with Crippen molar-refractivity contribution < 1.29 is 4.79 Å². The summed E-state index contributed by atoms with van der Waals surface area (Å²) in [6.45, 7) is 0.213. The molecular formula is C12H10ClN3O. The number of nitriles is 1. The Hall–Kier alpha value is -1.99. The van der Waals surface area contributed by atoms with Crippen LogP contribution < -0.4 is 5.32 Å². The minimum Gasteiger partial charge on any atom is -0.341 e. The lowest BCUT2D eigenvalue weighted by atomic mass is 10.2. The van der Waals surface area contributed by atoms with Gasteiger partial charge in [-0.15, -0.1) is 0 Å². The predicted octanol–water partition coefficient (Wildman–Crippen LogP) is 1.93. The normalized spacial score (nSPS) is 10.1. The largest absolute Gasteiger partial charge is 0.341 e. The molecule has 0 unspecified atom stereocenters. The van der Waals surface area contributed by atoms with Gasteiger partial charge in [-0.1, -0.05) is 17.7 Å². The summed E-state index contributed by atoms with van der Waals surface area (Å²) in [5.74, 6) is -0.191. The van der Waals surface area contributed by atoms with Crippen molar-refractivity contribution in [3.8, 4) is 6.07 Å². The Kier molecular flexibility index (Phi) is 3.31. The van der Waals surface area contributed by atoms with E-state index < -0.39 is 0 Å². The molecule has 0 spiro atoms. The summed E-state index contributed by atoms with van der Waals surface area (Å²) in [6, 6.07) is 9.29. The molecule has 1 amide bonds. The minimum atomic E-state index is -0.191. The second-order valence-electron chi connectivity index (χ2n) is 3.55. The van der Waals surface area contributed by atoms with Gasteiger partial charge in [-0.2, -0.15) is 5.26 Å². The molecule has 0 atom stereocenters. The Labute approximate surface area is 103 Å². The molecule has 1 heterocycles. The summed E-state index contributed by atoms with van der Waals surface area (Å²) in [5, 5.41) is 12.4. The van der Waals surface area contributed by atoms with E-state index in [9.17, 15) is 4.79 Å². The quantitative estimate of drug-likeness (QED) is 0.843. The highest BCUT2D eigenvalue weighted by Crippen LogP contribution is 2.23. The topological polar surface area (TPSA) is 57.8 Å². The van der Waals surface area contributed by atoms with Gasteiger partial charge in [0.15, 0.2) is 0 Å². The Morgan fingerprint density at radius 3 is 3.06 bits per heavy atom. The van der Waals surface area contributed by atoms with Crippen molar-refractivity contribution >= 4 is 28.4 Å². The van der Waals surface area contributed by atoms with Gasteiger partial charge in [0.05, 0.1) is 6.07 Å². The van der Waals surface area contributed by atoms with Crippen LogP contribution in [0.25, 0.3) is 10.9 Å². The van der Waals surface area contributed by atoms with Gasteiger partial charge >= 0.3 is 0 Å². The molecule has 1 aromatic carbocycles. The van der Waals surface area contributed by atoms with E-state index in [0.29, 0.717) is 5.02 Å². The van der Waals surface area contributed by atoms with Crippen LogP contribution in [0.5, 0.6) is 0 Å². The van der Waals surface area contributed by atoms with E-state index in [0.717, 1.165) is 10.9 Å². The molecule has 0 aliphatic heterocycles. The zero-order chi connectivity index (χ0) is 12.3. The first-order valence-corrected chi connectivity index (χ1v) is 5.47. The van der Waals surface area contributed by atoms with E-state index in [1.54, 1.807) is 4.57 Å². The molecule has 1 N–H and O–H groups in total. The van der Waals surface area contributed by atoms with E-state index in [4.69, 9.17) is 16.9 Å². The van der Waals surface area contributed by atoms with Gasteiger partial charge in [0, 0.05) is 22.1 Å². The van der Waals surface area contributed by atoms with Crippen LogP contribution in [0.2, 0.25) is 5.02 Å². The summed E-state index contributed by atoms with van der Waals surface area (Å²) < 4.78 is 1.80. The first kappa shape index (κ1) is 11.5. The molecule has 86 valence electrons. The van der Waals surface area contributed by atoms with Crippen LogP contribution in [0.15, 0.2) is 30.5 Å². The zero-order valence-electron chi connectivity index (χ0n) is 8.98. The highest BCUT2D eigenvalue weighted by Gasteiger charge is 2.07. The van der Waals surface area contributed by atoms with Crippen molar-refractivity contribution in [2.24, 2.45) is 0 Å². The molecule has 2 aromatic rings. The van der Waals surface area contributed by atoms with E-state index in [2.05, 4.69) is 5.32 Å². The molecule has 4 nitrogen and oxygen atoms in total. The number of hydrogen-bond acceptors (Lipinski definition) is 2. The van der Waals surface area contributed by atoms with Crippen LogP contribution >= 0.6 is 11.6 Å². The lowest BCUT2D eigenvalue weighted by Crippen LogP contribution is -2.27. The average molecular weight is 248 g/mol. The van der Waals surface area contributed by atoms with Gasteiger partial charge in [0.25, 0.3) is 0 Å². The molecule has 1 aromatic heterocycles. The third kappa shape index (κ3) is 2.40. The summed E-state index contributed by atoms with van der Waals surface area (Å²) in [5.41, 5.74) is 0.907.